The van der Waals surface area contributed by atoms with Crippen molar-refractivity contribution in [3.63, 3.8) is 0 Å². The number of primary amides is 1. The summed E-state index contributed by atoms with van der Waals surface area (Å²) in [4.78, 5) is 31.5. The topological polar surface area (TPSA) is 110 Å². The monoisotopic (exact) mass is 426 g/mol. The van der Waals surface area contributed by atoms with Crippen LogP contribution in [0.4, 0.5) is 5.69 Å². The Bertz CT molecular complexity index is 1350. The highest BCUT2D eigenvalue weighted by atomic mass is 16.5. The average Bonchev–Trinajstić information content (AvgIpc) is 3.25. The highest BCUT2D eigenvalue weighted by Gasteiger charge is 2.17. The fourth-order valence-corrected chi connectivity index (χ4v) is 3.72. The minimum atomic E-state index is -0.522. The number of H-pyrrole nitrogens is 1. The number of nitrogens with two attached hydrogens (primary N) is 1. The van der Waals surface area contributed by atoms with Crippen molar-refractivity contribution in [1.29, 1.82) is 0 Å². The molecule has 0 aliphatic heterocycles. The van der Waals surface area contributed by atoms with Gasteiger partial charge in [-0.05, 0) is 54.0 Å². The first kappa shape index (κ1) is 20.9. The molecular weight excluding hydrogens is 404 g/mol. The fourth-order valence-electron chi connectivity index (χ4n) is 3.72. The minimum absolute atomic E-state index is 0.282. The van der Waals surface area contributed by atoms with E-state index in [1.807, 2.05) is 43.3 Å². The van der Waals surface area contributed by atoms with Crippen LogP contribution >= 0.6 is 0 Å². The van der Waals surface area contributed by atoms with Crippen LogP contribution in [0.1, 0.15) is 15.9 Å². The number of aromatic nitrogens is 2. The lowest BCUT2D eigenvalue weighted by atomic mass is 9.94. The zero-order chi connectivity index (χ0) is 22.8. The Hall–Kier alpha value is -4.39. The Morgan fingerprint density at radius 1 is 1.16 bits per heavy atom. The molecule has 0 saturated carbocycles. The van der Waals surface area contributed by atoms with Gasteiger partial charge in [-0.15, -0.1) is 0 Å². The number of rotatable bonds is 6. The molecule has 4 N–H and O–H groups in total. The van der Waals surface area contributed by atoms with Gasteiger partial charge in [0.05, 0.1) is 18.2 Å². The molecular formula is C25H22N4O3. The number of benzene rings is 2. The van der Waals surface area contributed by atoms with Crippen LogP contribution in [-0.4, -0.2) is 28.9 Å². The third kappa shape index (κ3) is 3.72. The zero-order valence-electron chi connectivity index (χ0n) is 17.7. The summed E-state index contributed by atoms with van der Waals surface area (Å²) < 4.78 is 5.13. The third-order valence-corrected chi connectivity index (χ3v) is 5.38. The maximum absolute atomic E-state index is 12.1. The highest BCUT2D eigenvalue weighted by Crippen LogP contribution is 2.37. The number of hydrogen-bond donors (Lipinski definition) is 3. The van der Waals surface area contributed by atoms with Crippen LogP contribution in [0.2, 0.25) is 0 Å². The maximum Gasteiger partial charge on any atom is 0.250 e. The van der Waals surface area contributed by atoms with Gasteiger partial charge in [-0.1, -0.05) is 24.8 Å². The predicted octanol–water partition coefficient (Wildman–Crippen LogP) is 4.44. The number of ether oxygens (including phenoxy) is 1. The normalized spacial score (nSPS) is 10.7. The van der Waals surface area contributed by atoms with Crippen LogP contribution in [0.5, 0.6) is 5.88 Å². The van der Waals surface area contributed by atoms with Crippen LogP contribution < -0.4 is 15.8 Å². The Balaban J connectivity index is 1.91. The van der Waals surface area contributed by atoms with E-state index in [0.29, 0.717) is 22.6 Å². The molecule has 0 spiro atoms. The van der Waals surface area contributed by atoms with E-state index >= 15 is 0 Å². The van der Waals surface area contributed by atoms with Gasteiger partial charge in [0.25, 0.3) is 5.91 Å². The molecule has 0 atom stereocenters. The molecule has 2 heterocycles. The third-order valence-electron chi connectivity index (χ3n) is 5.38. The molecule has 0 unspecified atom stereocenters. The number of carbonyl (C=O) groups excluding carboxylic acids is 2. The molecule has 7 heteroatoms. The predicted molar refractivity (Wildman–Crippen MR) is 126 cm³/mol. The SMILES string of the molecule is C=CC(=O)Nc1cccc(-c2ccc(C(N)=O)c3[nH]c(-c4ccc(OC)nc4)cc23)c1C. The first-order valence-corrected chi connectivity index (χ1v) is 9.92. The molecule has 160 valence electrons. The van der Waals surface area contributed by atoms with Crippen molar-refractivity contribution in [3.05, 3.63) is 78.5 Å². The Labute approximate surface area is 184 Å². The number of amides is 2. The maximum atomic E-state index is 12.1. The van der Waals surface area contributed by atoms with Crippen LogP contribution in [0.15, 0.2) is 67.4 Å². The largest absolute Gasteiger partial charge is 0.481 e. The molecule has 0 aliphatic carbocycles. The molecule has 7 nitrogen and oxygen atoms in total. The average molecular weight is 426 g/mol. The lowest BCUT2D eigenvalue weighted by Gasteiger charge is -2.13. The van der Waals surface area contributed by atoms with Gasteiger partial charge >= 0.3 is 0 Å². The lowest BCUT2D eigenvalue weighted by molar-refractivity contribution is -0.111. The summed E-state index contributed by atoms with van der Waals surface area (Å²) in [6.07, 6.45) is 2.93. The number of hydrogen-bond acceptors (Lipinski definition) is 4. The summed E-state index contributed by atoms with van der Waals surface area (Å²) in [7, 11) is 1.56. The van der Waals surface area contributed by atoms with Crippen molar-refractivity contribution < 1.29 is 14.3 Å². The van der Waals surface area contributed by atoms with E-state index in [1.54, 1.807) is 25.4 Å². The van der Waals surface area contributed by atoms with Gasteiger partial charge in [0.2, 0.25) is 11.8 Å². The summed E-state index contributed by atoms with van der Waals surface area (Å²) >= 11 is 0. The van der Waals surface area contributed by atoms with Gasteiger partial charge in [-0.2, -0.15) is 0 Å². The number of aromatic amines is 1. The zero-order valence-corrected chi connectivity index (χ0v) is 17.7. The van der Waals surface area contributed by atoms with E-state index in [1.165, 1.54) is 6.08 Å². The molecule has 0 saturated heterocycles. The molecule has 32 heavy (non-hydrogen) atoms. The molecule has 2 aromatic carbocycles. The van der Waals surface area contributed by atoms with Crippen LogP contribution in [0.3, 0.4) is 0 Å². The number of pyridine rings is 1. The van der Waals surface area contributed by atoms with Crippen molar-refractivity contribution in [1.82, 2.24) is 9.97 Å². The van der Waals surface area contributed by atoms with Gasteiger partial charge in [0.15, 0.2) is 0 Å². The highest BCUT2D eigenvalue weighted by molar-refractivity contribution is 6.11. The molecule has 0 bridgehead atoms. The second-order valence-corrected chi connectivity index (χ2v) is 7.26. The van der Waals surface area contributed by atoms with Gasteiger partial charge in [-0.25, -0.2) is 4.98 Å². The van der Waals surface area contributed by atoms with Crippen LogP contribution in [0.25, 0.3) is 33.3 Å². The number of fused-ring (bicyclic) bond motifs is 1. The molecule has 0 radical (unpaired) electrons. The van der Waals surface area contributed by atoms with E-state index in [-0.39, 0.29) is 5.91 Å². The van der Waals surface area contributed by atoms with Crippen LogP contribution in [-0.2, 0) is 4.79 Å². The van der Waals surface area contributed by atoms with Gasteiger partial charge in [0.1, 0.15) is 0 Å². The molecule has 0 aliphatic rings. The summed E-state index contributed by atoms with van der Waals surface area (Å²) in [5.74, 6) is -0.292. The Morgan fingerprint density at radius 3 is 2.62 bits per heavy atom. The first-order valence-electron chi connectivity index (χ1n) is 9.92. The quantitative estimate of drug-likeness (QED) is 0.396. The van der Waals surface area contributed by atoms with Crippen molar-refractivity contribution in [2.24, 2.45) is 5.73 Å². The number of anilines is 1. The number of nitrogens with zero attached hydrogens (tertiary/aromatic N) is 1. The van der Waals surface area contributed by atoms with E-state index < -0.39 is 5.91 Å². The Kier molecular flexibility index (Phi) is 5.47. The molecule has 2 amide bonds. The minimum Gasteiger partial charge on any atom is -0.481 e. The summed E-state index contributed by atoms with van der Waals surface area (Å²) in [5, 5.41) is 3.67. The number of carbonyl (C=O) groups is 2. The van der Waals surface area contributed by atoms with Gasteiger partial charge in [0, 0.05) is 34.6 Å². The lowest BCUT2D eigenvalue weighted by Crippen LogP contribution is -2.11. The van der Waals surface area contributed by atoms with Gasteiger partial charge in [-0.3, -0.25) is 9.59 Å². The first-order chi connectivity index (χ1) is 15.4. The van der Waals surface area contributed by atoms with Crippen molar-refractivity contribution >= 4 is 28.4 Å². The molecule has 0 fully saturated rings. The van der Waals surface area contributed by atoms with Crippen molar-refractivity contribution in [2.45, 2.75) is 6.92 Å². The van der Waals surface area contributed by atoms with Crippen molar-refractivity contribution in [3.8, 4) is 28.3 Å². The second kappa shape index (κ2) is 8.39. The summed E-state index contributed by atoms with van der Waals surface area (Å²) in [5.41, 5.74) is 11.7. The summed E-state index contributed by atoms with van der Waals surface area (Å²) in [6.45, 7) is 5.44. The van der Waals surface area contributed by atoms with E-state index in [4.69, 9.17) is 10.5 Å². The molecule has 4 rings (SSSR count). The fraction of sp³-hybridized carbons (Fsp3) is 0.0800. The van der Waals surface area contributed by atoms with E-state index in [0.717, 1.165) is 33.3 Å². The van der Waals surface area contributed by atoms with Crippen LogP contribution in [0, 0.1) is 6.92 Å². The number of methoxy groups -OCH3 is 1. The van der Waals surface area contributed by atoms with E-state index in [2.05, 4.69) is 21.9 Å². The smallest absolute Gasteiger partial charge is 0.250 e. The standard InChI is InChI=1S/C25H22N4O3/c1-4-22(30)28-20-7-5-6-16(14(20)2)17-9-10-18(25(26)31)24-19(17)12-21(29-24)15-8-11-23(32-3)27-13-15/h4-13,29H,1H2,2-3H3,(H2,26,31)(H,28,30). The van der Waals surface area contributed by atoms with Crippen molar-refractivity contribution in [2.75, 3.05) is 12.4 Å². The summed E-state index contributed by atoms with van der Waals surface area (Å²) in [6, 6.07) is 14.9. The van der Waals surface area contributed by atoms with E-state index in [9.17, 15) is 9.59 Å². The molecule has 4 aromatic rings. The van der Waals surface area contributed by atoms with Gasteiger partial charge < -0.3 is 20.8 Å². The number of nitrogens with one attached hydrogen (secondary N) is 2. The molecule has 2 aromatic heterocycles. The Morgan fingerprint density at radius 2 is 1.97 bits per heavy atom. The second-order valence-electron chi connectivity index (χ2n) is 7.26.